The van der Waals surface area contributed by atoms with Gasteiger partial charge in [-0.05, 0) is 43.1 Å². The molecule has 0 aliphatic heterocycles. The molecule has 0 fully saturated rings. The maximum absolute atomic E-state index is 13.9. The highest BCUT2D eigenvalue weighted by atomic mass is 19.1. The Morgan fingerprint density at radius 1 is 1.16 bits per heavy atom. The zero-order valence-electron chi connectivity index (χ0n) is 11.0. The van der Waals surface area contributed by atoms with Crippen LogP contribution in [-0.4, -0.2) is 6.54 Å². The molecule has 19 heavy (non-hydrogen) atoms. The highest BCUT2D eigenvalue weighted by Crippen LogP contribution is 2.25. The maximum atomic E-state index is 13.9. The first kappa shape index (κ1) is 13.6. The van der Waals surface area contributed by atoms with E-state index in [4.69, 9.17) is 10.5 Å². The fraction of sp³-hybridized carbons (Fsp3) is 0.250. The Balaban J connectivity index is 2.11. The van der Waals surface area contributed by atoms with E-state index >= 15 is 0 Å². The van der Waals surface area contributed by atoms with Crippen LogP contribution >= 0.6 is 0 Å². The first-order valence-electron chi connectivity index (χ1n) is 6.41. The monoisotopic (exact) mass is 259 g/mol. The lowest BCUT2D eigenvalue weighted by atomic mass is 10.1. The summed E-state index contributed by atoms with van der Waals surface area (Å²) in [6, 6.07) is 14.8. The first-order chi connectivity index (χ1) is 9.20. The van der Waals surface area contributed by atoms with Crippen molar-refractivity contribution in [1.29, 1.82) is 0 Å². The number of hydrogen-bond acceptors (Lipinski definition) is 2. The molecule has 0 radical (unpaired) electrons. The van der Waals surface area contributed by atoms with E-state index in [0.717, 1.165) is 11.1 Å². The quantitative estimate of drug-likeness (QED) is 0.892. The molecule has 2 nitrogen and oxygen atoms in total. The van der Waals surface area contributed by atoms with Crippen molar-refractivity contribution >= 4 is 0 Å². The normalized spacial score (nSPS) is 12.2. The number of nitrogens with two attached hydrogens (primary N) is 1. The predicted molar refractivity (Wildman–Crippen MR) is 74.6 cm³/mol. The summed E-state index contributed by atoms with van der Waals surface area (Å²) in [5.41, 5.74) is 7.36. The maximum Gasteiger partial charge on any atom is 0.165 e. The van der Waals surface area contributed by atoms with Crippen molar-refractivity contribution in [2.75, 3.05) is 6.54 Å². The van der Waals surface area contributed by atoms with Crippen LogP contribution in [-0.2, 0) is 6.42 Å². The number of hydrogen-bond donors (Lipinski definition) is 1. The highest BCUT2D eigenvalue weighted by molar-refractivity contribution is 5.30. The van der Waals surface area contributed by atoms with E-state index in [1.807, 2.05) is 43.3 Å². The number of ether oxygens (including phenoxy) is 1. The molecular formula is C16H18FNO. The van der Waals surface area contributed by atoms with Gasteiger partial charge in [0.2, 0.25) is 0 Å². The summed E-state index contributed by atoms with van der Waals surface area (Å²) in [5.74, 6) is -0.0640. The molecule has 2 aromatic rings. The fourth-order valence-corrected chi connectivity index (χ4v) is 1.94. The van der Waals surface area contributed by atoms with E-state index < -0.39 is 0 Å². The van der Waals surface area contributed by atoms with Gasteiger partial charge in [-0.3, -0.25) is 0 Å². The number of benzene rings is 2. The summed E-state index contributed by atoms with van der Waals surface area (Å²) in [6.07, 6.45) is 0.488. The summed E-state index contributed by atoms with van der Waals surface area (Å²) >= 11 is 0. The summed E-state index contributed by atoms with van der Waals surface area (Å²) in [4.78, 5) is 0. The molecule has 3 heteroatoms. The van der Waals surface area contributed by atoms with Gasteiger partial charge in [-0.15, -0.1) is 0 Å². The van der Waals surface area contributed by atoms with Gasteiger partial charge in [0.05, 0.1) is 0 Å². The second-order valence-corrected chi connectivity index (χ2v) is 4.47. The Morgan fingerprint density at radius 3 is 2.53 bits per heavy atom. The molecule has 2 rings (SSSR count). The number of rotatable bonds is 5. The van der Waals surface area contributed by atoms with Gasteiger partial charge in [0, 0.05) is 0 Å². The Morgan fingerprint density at radius 2 is 1.89 bits per heavy atom. The van der Waals surface area contributed by atoms with Gasteiger partial charge in [0.15, 0.2) is 11.6 Å². The number of halogens is 1. The van der Waals surface area contributed by atoms with Gasteiger partial charge in [0.25, 0.3) is 0 Å². The molecule has 0 aliphatic rings. The minimum absolute atomic E-state index is 0.184. The second kappa shape index (κ2) is 6.34. The van der Waals surface area contributed by atoms with Gasteiger partial charge in [-0.25, -0.2) is 4.39 Å². The van der Waals surface area contributed by atoms with Crippen molar-refractivity contribution in [3.8, 4) is 5.75 Å². The van der Waals surface area contributed by atoms with Crippen molar-refractivity contribution in [2.45, 2.75) is 19.4 Å². The molecule has 0 saturated heterocycles. The van der Waals surface area contributed by atoms with Crippen LogP contribution in [0.25, 0.3) is 0 Å². The molecule has 2 aromatic carbocycles. The Labute approximate surface area is 113 Å². The summed E-state index contributed by atoms with van der Waals surface area (Å²) in [7, 11) is 0. The summed E-state index contributed by atoms with van der Waals surface area (Å²) < 4.78 is 19.5. The predicted octanol–water partition coefficient (Wildman–Crippen LogP) is 3.47. The molecule has 0 saturated carbocycles. The highest BCUT2D eigenvalue weighted by Gasteiger charge is 2.10. The topological polar surface area (TPSA) is 35.2 Å². The van der Waals surface area contributed by atoms with Crippen molar-refractivity contribution < 1.29 is 9.13 Å². The standard InChI is InChI=1S/C16H18FNO/c1-12(14-5-3-2-4-6-14)19-16-8-7-13(9-10-18)11-15(16)17/h2-8,11-12H,9-10,18H2,1H3. The van der Waals surface area contributed by atoms with E-state index in [9.17, 15) is 4.39 Å². The lowest BCUT2D eigenvalue weighted by Crippen LogP contribution is -2.06. The van der Waals surface area contributed by atoms with E-state index in [1.165, 1.54) is 6.07 Å². The Kier molecular flexibility index (Phi) is 4.53. The molecule has 2 N–H and O–H groups in total. The van der Waals surface area contributed by atoms with Gasteiger partial charge in [-0.1, -0.05) is 36.4 Å². The average molecular weight is 259 g/mol. The van der Waals surface area contributed by atoms with Crippen molar-refractivity contribution in [2.24, 2.45) is 5.73 Å². The van der Waals surface area contributed by atoms with Crippen LogP contribution in [0.5, 0.6) is 5.75 Å². The van der Waals surface area contributed by atoms with E-state index in [0.29, 0.717) is 13.0 Å². The van der Waals surface area contributed by atoms with Crippen LogP contribution in [0.15, 0.2) is 48.5 Å². The van der Waals surface area contributed by atoms with Gasteiger partial charge < -0.3 is 10.5 Å². The molecule has 100 valence electrons. The summed E-state index contributed by atoms with van der Waals surface area (Å²) in [5, 5.41) is 0. The van der Waals surface area contributed by atoms with Crippen molar-refractivity contribution in [3.63, 3.8) is 0 Å². The molecule has 0 bridgehead atoms. The van der Waals surface area contributed by atoms with Gasteiger partial charge in [-0.2, -0.15) is 0 Å². The third kappa shape index (κ3) is 3.55. The van der Waals surface area contributed by atoms with Crippen LogP contribution < -0.4 is 10.5 Å². The van der Waals surface area contributed by atoms with Crippen LogP contribution in [0.2, 0.25) is 0 Å². The lowest BCUT2D eigenvalue weighted by Gasteiger charge is -2.16. The van der Waals surface area contributed by atoms with Crippen LogP contribution in [0.4, 0.5) is 4.39 Å². The van der Waals surface area contributed by atoms with E-state index in [2.05, 4.69) is 0 Å². The Hall–Kier alpha value is -1.87. The lowest BCUT2D eigenvalue weighted by molar-refractivity contribution is 0.216. The summed E-state index contributed by atoms with van der Waals surface area (Å²) in [6.45, 7) is 2.42. The molecule has 0 aromatic heterocycles. The zero-order chi connectivity index (χ0) is 13.7. The Bertz CT molecular complexity index is 528. The zero-order valence-corrected chi connectivity index (χ0v) is 11.0. The first-order valence-corrected chi connectivity index (χ1v) is 6.41. The largest absolute Gasteiger partial charge is 0.483 e. The molecule has 0 aliphatic carbocycles. The smallest absolute Gasteiger partial charge is 0.165 e. The second-order valence-electron chi connectivity index (χ2n) is 4.47. The molecule has 1 unspecified atom stereocenters. The molecule has 1 atom stereocenters. The third-order valence-corrected chi connectivity index (χ3v) is 3.00. The molecule has 0 spiro atoms. The van der Waals surface area contributed by atoms with Crippen LogP contribution in [0, 0.1) is 5.82 Å². The van der Waals surface area contributed by atoms with Crippen molar-refractivity contribution in [1.82, 2.24) is 0 Å². The molecular weight excluding hydrogens is 241 g/mol. The fourth-order valence-electron chi connectivity index (χ4n) is 1.94. The van der Waals surface area contributed by atoms with Crippen LogP contribution in [0.3, 0.4) is 0 Å². The van der Waals surface area contributed by atoms with Gasteiger partial charge in [0.1, 0.15) is 6.10 Å². The third-order valence-electron chi connectivity index (χ3n) is 3.00. The minimum Gasteiger partial charge on any atom is -0.483 e. The van der Waals surface area contributed by atoms with E-state index in [1.54, 1.807) is 6.07 Å². The minimum atomic E-state index is -0.339. The van der Waals surface area contributed by atoms with Crippen molar-refractivity contribution in [3.05, 3.63) is 65.5 Å². The van der Waals surface area contributed by atoms with Gasteiger partial charge >= 0.3 is 0 Å². The molecule has 0 heterocycles. The average Bonchev–Trinajstić information content (AvgIpc) is 2.43. The van der Waals surface area contributed by atoms with E-state index in [-0.39, 0.29) is 17.7 Å². The SMILES string of the molecule is CC(Oc1ccc(CCN)cc1F)c1ccccc1. The van der Waals surface area contributed by atoms with Crippen LogP contribution in [0.1, 0.15) is 24.2 Å². The molecule has 0 amide bonds.